The third-order valence-electron chi connectivity index (χ3n) is 3.03. The molecule has 102 valence electrons. The van der Waals surface area contributed by atoms with Crippen molar-refractivity contribution in [1.29, 1.82) is 0 Å². The fraction of sp³-hybridized carbons (Fsp3) is 0.400. The predicted octanol–water partition coefficient (Wildman–Crippen LogP) is 2.47. The van der Waals surface area contributed by atoms with Gasteiger partial charge in [0.25, 0.3) is 0 Å². The second kappa shape index (κ2) is 6.38. The topological polar surface area (TPSA) is 42.7 Å². The summed E-state index contributed by atoms with van der Waals surface area (Å²) in [6.45, 7) is 3.36. The Bertz CT molecular complexity index is 547. The summed E-state index contributed by atoms with van der Waals surface area (Å²) in [6, 6.07) is 7.98. The van der Waals surface area contributed by atoms with E-state index in [1.54, 1.807) is 6.26 Å². The van der Waals surface area contributed by atoms with Gasteiger partial charge in [-0.2, -0.15) is 0 Å². The molecule has 0 radical (unpaired) electrons. The van der Waals surface area contributed by atoms with Crippen LogP contribution in [0.2, 0.25) is 0 Å². The Labute approximate surface area is 112 Å². The standard InChI is InChI=1S/C15H19NO3/c1-3-18-15(17)10-16(2)9-8-12-11-19-14-7-5-4-6-13(12)14/h4-7,11H,3,8-10H2,1-2H3. The highest BCUT2D eigenvalue weighted by atomic mass is 16.5. The van der Waals surface area contributed by atoms with Gasteiger partial charge < -0.3 is 9.15 Å². The lowest BCUT2D eigenvalue weighted by Gasteiger charge is -2.14. The molecule has 0 amide bonds. The molecule has 4 nitrogen and oxygen atoms in total. The minimum absolute atomic E-state index is 0.179. The maximum absolute atomic E-state index is 11.3. The van der Waals surface area contributed by atoms with E-state index >= 15 is 0 Å². The second-order valence-electron chi connectivity index (χ2n) is 4.55. The molecular formula is C15H19NO3. The molecule has 0 saturated heterocycles. The van der Waals surface area contributed by atoms with E-state index < -0.39 is 0 Å². The van der Waals surface area contributed by atoms with Crippen molar-refractivity contribution in [2.75, 3.05) is 26.7 Å². The first kappa shape index (κ1) is 13.6. The van der Waals surface area contributed by atoms with Crippen molar-refractivity contribution in [3.05, 3.63) is 36.1 Å². The van der Waals surface area contributed by atoms with Gasteiger partial charge in [0, 0.05) is 11.9 Å². The number of para-hydroxylation sites is 1. The minimum atomic E-state index is -0.179. The molecule has 0 atom stereocenters. The van der Waals surface area contributed by atoms with E-state index in [2.05, 4.69) is 6.07 Å². The molecule has 1 heterocycles. The first-order valence-corrected chi connectivity index (χ1v) is 6.50. The van der Waals surface area contributed by atoms with Crippen LogP contribution in [-0.2, 0) is 16.0 Å². The molecule has 0 unspecified atom stereocenters. The van der Waals surface area contributed by atoms with Crippen LogP contribution in [0.1, 0.15) is 12.5 Å². The summed E-state index contributed by atoms with van der Waals surface area (Å²) >= 11 is 0. The van der Waals surface area contributed by atoms with Gasteiger partial charge in [-0.15, -0.1) is 0 Å². The zero-order valence-electron chi connectivity index (χ0n) is 11.4. The van der Waals surface area contributed by atoms with Crippen molar-refractivity contribution in [2.24, 2.45) is 0 Å². The molecule has 0 aliphatic carbocycles. The SMILES string of the molecule is CCOC(=O)CN(C)CCc1coc2ccccc12. The van der Waals surface area contributed by atoms with E-state index in [1.165, 1.54) is 5.56 Å². The third kappa shape index (κ3) is 3.58. The number of nitrogens with zero attached hydrogens (tertiary/aromatic N) is 1. The fourth-order valence-electron chi connectivity index (χ4n) is 2.04. The summed E-state index contributed by atoms with van der Waals surface area (Å²) in [5.41, 5.74) is 2.08. The lowest BCUT2D eigenvalue weighted by Crippen LogP contribution is -2.29. The Kier molecular flexibility index (Phi) is 4.58. The number of hydrogen-bond donors (Lipinski definition) is 0. The van der Waals surface area contributed by atoms with Crippen LogP contribution >= 0.6 is 0 Å². The quantitative estimate of drug-likeness (QED) is 0.749. The van der Waals surface area contributed by atoms with E-state index in [9.17, 15) is 4.79 Å². The first-order chi connectivity index (χ1) is 9.20. The van der Waals surface area contributed by atoms with Crippen molar-refractivity contribution < 1.29 is 13.9 Å². The van der Waals surface area contributed by atoms with Crippen LogP contribution in [0.3, 0.4) is 0 Å². The summed E-state index contributed by atoms with van der Waals surface area (Å²) in [5.74, 6) is -0.179. The van der Waals surface area contributed by atoms with E-state index in [-0.39, 0.29) is 5.97 Å². The number of fused-ring (bicyclic) bond motifs is 1. The smallest absolute Gasteiger partial charge is 0.320 e. The molecule has 19 heavy (non-hydrogen) atoms. The Morgan fingerprint density at radius 2 is 2.16 bits per heavy atom. The van der Waals surface area contributed by atoms with Crippen LogP contribution in [-0.4, -0.2) is 37.6 Å². The van der Waals surface area contributed by atoms with Gasteiger partial charge in [-0.05, 0) is 32.0 Å². The fourth-order valence-corrected chi connectivity index (χ4v) is 2.04. The number of carbonyl (C=O) groups excluding carboxylic acids is 1. The molecule has 0 bridgehead atoms. The molecule has 4 heteroatoms. The Balaban J connectivity index is 1.90. The summed E-state index contributed by atoms with van der Waals surface area (Å²) < 4.78 is 10.4. The van der Waals surface area contributed by atoms with E-state index in [0.29, 0.717) is 13.2 Å². The van der Waals surface area contributed by atoms with Crippen LogP contribution in [0.15, 0.2) is 34.9 Å². The summed E-state index contributed by atoms with van der Waals surface area (Å²) in [5, 5.41) is 1.15. The van der Waals surface area contributed by atoms with Gasteiger partial charge in [0.1, 0.15) is 5.58 Å². The Hall–Kier alpha value is -1.81. The molecule has 0 saturated carbocycles. The highest BCUT2D eigenvalue weighted by Crippen LogP contribution is 2.21. The lowest BCUT2D eigenvalue weighted by molar-refractivity contribution is -0.144. The summed E-state index contributed by atoms with van der Waals surface area (Å²) in [6.07, 6.45) is 2.65. The van der Waals surface area contributed by atoms with Crippen LogP contribution in [0.5, 0.6) is 0 Å². The zero-order valence-corrected chi connectivity index (χ0v) is 11.4. The van der Waals surface area contributed by atoms with Crippen LogP contribution in [0, 0.1) is 0 Å². The van der Waals surface area contributed by atoms with Crippen LogP contribution in [0.4, 0.5) is 0 Å². The number of rotatable bonds is 6. The van der Waals surface area contributed by atoms with Gasteiger partial charge in [-0.3, -0.25) is 9.69 Å². The van der Waals surface area contributed by atoms with Gasteiger partial charge in [0.05, 0.1) is 19.4 Å². The van der Waals surface area contributed by atoms with Gasteiger partial charge in [0.15, 0.2) is 0 Å². The molecule has 1 aromatic heterocycles. The van der Waals surface area contributed by atoms with Crippen molar-refractivity contribution in [2.45, 2.75) is 13.3 Å². The molecule has 1 aromatic carbocycles. The Morgan fingerprint density at radius 1 is 1.37 bits per heavy atom. The molecule has 0 spiro atoms. The predicted molar refractivity (Wildman–Crippen MR) is 74.0 cm³/mol. The van der Waals surface area contributed by atoms with Gasteiger partial charge in [-0.25, -0.2) is 0 Å². The number of benzene rings is 1. The molecule has 0 aliphatic rings. The number of furan rings is 1. The highest BCUT2D eigenvalue weighted by molar-refractivity contribution is 5.80. The molecular weight excluding hydrogens is 242 g/mol. The molecule has 0 N–H and O–H groups in total. The van der Waals surface area contributed by atoms with Crippen molar-refractivity contribution in [3.63, 3.8) is 0 Å². The largest absolute Gasteiger partial charge is 0.465 e. The molecule has 2 aromatic rings. The summed E-state index contributed by atoms with van der Waals surface area (Å²) in [7, 11) is 1.92. The number of carbonyl (C=O) groups is 1. The average Bonchev–Trinajstić information content (AvgIpc) is 2.80. The van der Waals surface area contributed by atoms with E-state index in [4.69, 9.17) is 9.15 Å². The van der Waals surface area contributed by atoms with Crippen molar-refractivity contribution in [1.82, 2.24) is 4.90 Å². The number of ether oxygens (including phenoxy) is 1. The van der Waals surface area contributed by atoms with E-state index in [1.807, 2.05) is 37.1 Å². The van der Waals surface area contributed by atoms with Crippen molar-refractivity contribution >= 4 is 16.9 Å². The number of esters is 1. The van der Waals surface area contributed by atoms with Gasteiger partial charge in [-0.1, -0.05) is 18.2 Å². The monoisotopic (exact) mass is 261 g/mol. The second-order valence-corrected chi connectivity index (χ2v) is 4.55. The maximum atomic E-state index is 11.3. The van der Waals surface area contributed by atoms with Gasteiger partial charge >= 0.3 is 5.97 Å². The number of hydrogen-bond acceptors (Lipinski definition) is 4. The average molecular weight is 261 g/mol. The zero-order chi connectivity index (χ0) is 13.7. The number of likely N-dealkylation sites (N-methyl/N-ethyl adjacent to an activating group) is 1. The molecule has 0 aliphatic heterocycles. The first-order valence-electron chi connectivity index (χ1n) is 6.50. The van der Waals surface area contributed by atoms with Gasteiger partial charge in [0.2, 0.25) is 0 Å². The highest BCUT2D eigenvalue weighted by Gasteiger charge is 2.09. The normalized spacial score (nSPS) is 11.1. The minimum Gasteiger partial charge on any atom is -0.465 e. The van der Waals surface area contributed by atoms with Crippen LogP contribution in [0.25, 0.3) is 11.0 Å². The van der Waals surface area contributed by atoms with Crippen LogP contribution < -0.4 is 0 Å². The maximum Gasteiger partial charge on any atom is 0.320 e. The lowest BCUT2D eigenvalue weighted by atomic mass is 10.1. The molecule has 2 rings (SSSR count). The third-order valence-corrected chi connectivity index (χ3v) is 3.03. The van der Waals surface area contributed by atoms with E-state index in [0.717, 1.165) is 23.9 Å². The molecule has 0 fully saturated rings. The van der Waals surface area contributed by atoms with Crippen molar-refractivity contribution in [3.8, 4) is 0 Å². The summed E-state index contributed by atoms with van der Waals surface area (Å²) in [4.78, 5) is 13.3. The Morgan fingerprint density at radius 3 is 2.95 bits per heavy atom.